The first-order valence-electron chi connectivity index (χ1n) is 9.09. The summed E-state index contributed by atoms with van der Waals surface area (Å²) >= 11 is 0. The standard InChI is InChI=1S/C22H24N4O2/c1-14-8-10-17(11-9-14)19-12-20(25-24-19)22(28)26(4)13-21(27)23-18-7-5-6-15(2)16(18)3/h5-12H,13H2,1-4H3,(H,23,27)(H,24,25). The molecule has 2 amide bonds. The van der Waals surface area contributed by atoms with Gasteiger partial charge in [0.1, 0.15) is 5.69 Å². The smallest absolute Gasteiger partial charge is 0.272 e. The lowest BCUT2D eigenvalue weighted by Crippen LogP contribution is -2.35. The van der Waals surface area contributed by atoms with Gasteiger partial charge < -0.3 is 10.2 Å². The molecule has 6 heteroatoms. The van der Waals surface area contributed by atoms with Crippen LogP contribution in [0.1, 0.15) is 27.2 Å². The third-order valence-electron chi connectivity index (χ3n) is 4.76. The second-order valence-corrected chi connectivity index (χ2v) is 6.99. The highest BCUT2D eigenvalue weighted by molar-refractivity contribution is 5.99. The highest BCUT2D eigenvalue weighted by Gasteiger charge is 2.18. The van der Waals surface area contributed by atoms with Crippen molar-refractivity contribution in [3.05, 3.63) is 70.9 Å². The van der Waals surface area contributed by atoms with Gasteiger partial charge in [-0.3, -0.25) is 14.7 Å². The van der Waals surface area contributed by atoms with E-state index in [1.807, 2.05) is 63.2 Å². The fourth-order valence-electron chi connectivity index (χ4n) is 2.87. The fraction of sp³-hybridized carbons (Fsp3) is 0.227. The number of aromatic nitrogens is 2. The van der Waals surface area contributed by atoms with Gasteiger partial charge >= 0.3 is 0 Å². The summed E-state index contributed by atoms with van der Waals surface area (Å²) in [5.41, 5.74) is 5.99. The van der Waals surface area contributed by atoms with Crippen molar-refractivity contribution in [3.8, 4) is 11.3 Å². The molecule has 6 nitrogen and oxygen atoms in total. The molecule has 0 saturated heterocycles. The normalized spacial score (nSPS) is 10.6. The molecule has 0 bridgehead atoms. The number of amides is 2. The van der Waals surface area contributed by atoms with E-state index >= 15 is 0 Å². The molecule has 0 saturated carbocycles. The van der Waals surface area contributed by atoms with Gasteiger partial charge in [-0.15, -0.1) is 0 Å². The first-order chi connectivity index (χ1) is 13.3. The van der Waals surface area contributed by atoms with Crippen LogP contribution in [0.25, 0.3) is 11.3 Å². The molecular weight excluding hydrogens is 352 g/mol. The van der Waals surface area contributed by atoms with Crippen LogP contribution in [0, 0.1) is 20.8 Å². The maximum absolute atomic E-state index is 12.6. The molecule has 0 radical (unpaired) electrons. The minimum absolute atomic E-state index is 0.0505. The van der Waals surface area contributed by atoms with Gasteiger partial charge in [-0.2, -0.15) is 5.10 Å². The Morgan fingerprint density at radius 1 is 1.07 bits per heavy atom. The van der Waals surface area contributed by atoms with Crippen molar-refractivity contribution in [2.75, 3.05) is 18.9 Å². The molecule has 0 fully saturated rings. The molecule has 0 aliphatic carbocycles. The summed E-state index contributed by atoms with van der Waals surface area (Å²) in [6.07, 6.45) is 0. The van der Waals surface area contributed by atoms with Crippen LogP contribution in [-0.2, 0) is 4.79 Å². The van der Waals surface area contributed by atoms with Crippen LogP contribution in [0.3, 0.4) is 0 Å². The topological polar surface area (TPSA) is 78.1 Å². The van der Waals surface area contributed by atoms with E-state index in [0.717, 1.165) is 27.9 Å². The number of nitrogens with zero attached hydrogens (tertiary/aromatic N) is 2. The maximum atomic E-state index is 12.6. The van der Waals surface area contributed by atoms with E-state index in [2.05, 4.69) is 15.5 Å². The highest BCUT2D eigenvalue weighted by Crippen LogP contribution is 2.19. The Balaban J connectivity index is 1.65. The zero-order chi connectivity index (χ0) is 20.3. The number of H-pyrrole nitrogens is 1. The van der Waals surface area contributed by atoms with Crippen LogP contribution < -0.4 is 5.32 Å². The Labute approximate surface area is 164 Å². The third kappa shape index (κ3) is 4.28. The SMILES string of the molecule is Cc1ccc(-c2cc(C(=O)N(C)CC(=O)Nc3cccc(C)c3C)[nH]n2)cc1. The van der Waals surface area contributed by atoms with Gasteiger partial charge in [-0.25, -0.2) is 0 Å². The molecule has 1 aromatic heterocycles. The summed E-state index contributed by atoms with van der Waals surface area (Å²) in [4.78, 5) is 26.3. The number of carbonyl (C=O) groups is 2. The van der Waals surface area contributed by atoms with Gasteiger partial charge in [0.25, 0.3) is 5.91 Å². The highest BCUT2D eigenvalue weighted by atomic mass is 16.2. The largest absolute Gasteiger partial charge is 0.331 e. The molecule has 0 spiro atoms. The molecular formula is C22H24N4O2. The molecule has 144 valence electrons. The molecule has 0 aliphatic rings. The predicted molar refractivity (Wildman–Crippen MR) is 110 cm³/mol. The van der Waals surface area contributed by atoms with Crippen molar-refractivity contribution >= 4 is 17.5 Å². The van der Waals surface area contributed by atoms with Crippen LogP contribution in [0.15, 0.2) is 48.5 Å². The molecule has 2 aromatic carbocycles. The van der Waals surface area contributed by atoms with Gasteiger partial charge in [-0.05, 0) is 44.0 Å². The van der Waals surface area contributed by atoms with Crippen molar-refractivity contribution in [1.82, 2.24) is 15.1 Å². The summed E-state index contributed by atoms with van der Waals surface area (Å²) in [6, 6.07) is 15.3. The Bertz CT molecular complexity index is 1010. The van der Waals surface area contributed by atoms with E-state index < -0.39 is 0 Å². The lowest BCUT2D eigenvalue weighted by molar-refractivity contribution is -0.116. The molecule has 3 rings (SSSR count). The van der Waals surface area contributed by atoms with Crippen LogP contribution in [0.4, 0.5) is 5.69 Å². The van der Waals surface area contributed by atoms with Gasteiger partial charge in [0.05, 0.1) is 12.2 Å². The van der Waals surface area contributed by atoms with E-state index in [0.29, 0.717) is 11.4 Å². The van der Waals surface area contributed by atoms with E-state index in [-0.39, 0.29) is 18.4 Å². The molecule has 0 atom stereocenters. The van der Waals surface area contributed by atoms with Gasteiger partial charge in [0.15, 0.2) is 0 Å². The Morgan fingerprint density at radius 2 is 1.79 bits per heavy atom. The summed E-state index contributed by atoms with van der Waals surface area (Å²) in [6.45, 7) is 5.91. The summed E-state index contributed by atoms with van der Waals surface area (Å²) in [7, 11) is 1.59. The number of carbonyl (C=O) groups excluding carboxylic acids is 2. The average Bonchev–Trinajstić information content (AvgIpc) is 3.15. The summed E-state index contributed by atoms with van der Waals surface area (Å²) in [5.74, 6) is -0.537. The summed E-state index contributed by atoms with van der Waals surface area (Å²) in [5, 5.41) is 9.85. The van der Waals surface area contributed by atoms with E-state index in [1.165, 1.54) is 4.90 Å². The zero-order valence-electron chi connectivity index (χ0n) is 16.5. The Hall–Kier alpha value is -3.41. The number of aryl methyl sites for hydroxylation is 2. The van der Waals surface area contributed by atoms with E-state index in [1.54, 1.807) is 13.1 Å². The number of likely N-dealkylation sites (N-methyl/N-ethyl adjacent to an activating group) is 1. The Kier molecular flexibility index (Phi) is 5.59. The third-order valence-corrected chi connectivity index (χ3v) is 4.76. The van der Waals surface area contributed by atoms with Crippen molar-refractivity contribution in [2.45, 2.75) is 20.8 Å². The number of anilines is 1. The zero-order valence-corrected chi connectivity index (χ0v) is 16.5. The quantitative estimate of drug-likeness (QED) is 0.712. The summed E-state index contributed by atoms with van der Waals surface area (Å²) < 4.78 is 0. The molecule has 1 heterocycles. The predicted octanol–water partition coefficient (Wildman–Crippen LogP) is 3.71. The van der Waals surface area contributed by atoms with E-state index in [9.17, 15) is 9.59 Å². The molecule has 2 N–H and O–H groups in total. The lowest BCUT2D eigenvalue weighted by atomic mass is 10.1. The molecule has 28 heavy (non-hydrogen) atoms. The Morgan fingerprint density at radius 3 is 2.50 bits per heavy atom. The van der Waals surface area contributed by atoms with Crippen molar-refractivity contribution in [1.29, 1.82) is 0 Å². The number of hydrogen-bond acceptors (Lipinski definition) is 3. The number of nitrogens with one attached hydrogen (secondary N) is 2. The van der Waals surface area contributed by atoms with Crippen molar-refractivity contribution in [2.24, 2.45) is 0 Å². The van der Waals surface area contributed by atoms with Crippen LogP contribution in [0.5, 0.6) is 0 Å². The maximum Gasteiger partial charge on any atom is 0.272 e. The van der Waals surface area contributed by atoms with E-state index in [4.69, 9.17) is 0 Å². The van der Waals surface area contributed by atoms with Crippen molar-refractivity contribution < 1.29 is 9.59 Å². The minimum atomic E-state index is -0.290. The number of rotatable bonds is 5. The minimum Gasteiger partial charge on any atom is -0.331 e. The molecule has 0 unspecified atom stereocenters. The lowest BCUT2D eigenvalue weighted by Gasteiger charge is -2.17. The average molecular weight is 376 g/mol. The monoisotopic (exact) mass is 376 g/mol. The second kappa shape index (κ2) is 8.08. The number of aromatic amines is 1. The van der Waals surface area contributed by atoms with Gasteiger partial charge in [0, 0.05) is 18.3 Å². The first kappa shape index (κ1) is 19.4. The van der Waals surface area contributed by atoms with Crippen LogP contribution in [-0.4, -0.2) is 40.5 Å². The number of hydrogen-bond donors (Lipinski definition) is 2. The van der Waals surface area contributed by atoms with Crippen LogP contribution in [0.2, 0.25) is 0 Å². The van der Waals surface area contributed by atoms with Gasteiger partial charge in [-0.1, -0.05) is 42.0 Å². The molecule has 0 aliphatic heterocycles. The first-order valence-corrected chi connectivity index (χ1v) is 9.09. The fourth-order valence-corrected chi connectivity index (χ4v) is 2.87. The van der Waals surface area contributed by atoms with Gasteiger partial charge in [0.2, 0.25) is 5.91 Å². The number of benzene rings is 2. The molecule has 3 aromatic rings. The van der Waals surface area contributed by atoms with Crippen molar-refractivity contribution in [3.63, 3.8) is 0 Å². The second-order valence-electron chi connectivity index (χ2n) is 6.99. The van der Waals surface area contributed by atoms with Crippen LogP contribution >= 0.6 is 0 Å².